The van der Waals surface area contributed by atoms with Gasteiger partial charge in [-0.05, 0) is 54.6 Å². The smallest absolute Gasteiger partial charge is 0.279 e. The first-order valence-corrected chi connectivity index (χ1v) is 11.7. The van der Waals surface area contributed by atoms with Crippen molar-refractivity contribution in [3.63, 3.8) is 0 Å². The first-order chi connectivity index (χ1) is 16.9. The van der Waals surface area contributed by atoms with Gasteiger partial charge in [-0.1, -0.05) is 0 Å². The van der Waals surface area contributed by atoms with E-state index >= 15 is 0 Å². The molecule has 1 amide bonds. The van der Waals surface area contributed by atoms with E-state index in [1.807, 2.05) is 17.0 Å². The van der Waals surface area contributed by atoms with Gasteiger partial charge in [-0.3, -0.25) is 14.8 Å². The first kappa shape index (κ1) is 23.2. The van der Waals surface area contributed by atoms with Gasteiger partial charge in [-0.2, -0.15) is 5.10 Å². The molecule has 0 unspecified atom stereocenters. The molecule has 0 bridgehead atoms. The van der Waals surface area contributed by atoms with Crippen LogP contribution in [0.15, 0.2) is 58.7 Å². The summed E-state index contributed by atoms with van der Waals surface area (Å²) in [6.45, 7) is 1.46. The number of amides is 1. The number of nitrogens with one attached hydrogen (secondary N) is 3. The van der Waals surface area contributed by atoms with E-state index in [4.69, 9.17) is 0 Å². The Morgan fingerprint density at radius 1 is 1.29 bits per heavy atom. The van der Waals surface area contributed by atoms with Crippen LogP contribution in [-0.2, 0) is 4.79 Å². The van der Waals surface area contributed by atoms with Crippen LogP contribution >= 0.6 is 11.8 Å². The maximum atomic E-state index is 12.9. The standard InChI is InChI=1S/C22H22F2N8O2S/c23-20(24)16-10-18(29-28-16)26-21-17-2-1-8-32(17)30-22(27-21)35-15-5-3-13(4-6-15)25-19(34)12-31-9-7-14(33)11-31/h1-6,8,10,14,20,33H,7,9,11-12H2,(H,25,34)(H2,26,27,28,29,30)/t14-/m1/s1. The van der Waals surface area contributed by atoms with E-state index in [1.165, 1.54) is 17.8 Å². The highest BCUT2D eigenvalue weighted by molar-refractivity contribution is 7.99. The van der Waals surface area contributed by atoms with Crippen molar-refractivity contribution in [2.45, 2.75) is 29.0 Å². The van der Waals surface area contributed by atoms with Crippen molar-refractivity contribution in [3.05, 3.63) is 54.4 Å². The van der Waals surface area contributed by atoms with E-state index in [9.17, 15) is 18.7 Å². The largest absolute Gasteiger partial charge is 0.392 e. The number of hydrogen-bond acceptors (Lipinski definition) is 8. The third-order valence-corrected chi connectivity index (χ3v) is 6.28. The molecule has 1 fully saturated rings. The number of nitrogens with zero attached hydrogens (tertiary/aromatic N) is 5. The third-order valence-electron chi connectivity index (χ3n) is 5.41. The molecular formula is C22H22F2N8O2S. The van der Waals surface area contributed by atoms with Gasteiger partial charge in [0.05, 0.1) is 12.6 Å². The fourth-order valence-electron chi connectivity index (χ4n) is 3.75. The number of likely N-dealkylation sites (tertiary alicyclic amines) is 1. The minimum absolute atomic E-state index is 0.134. The maximum Gasteiger partial charge on any atom is 0.279 e. The van der Waals surface area contributed by atoms with E-state index < -0.39 is 6.43 Å². The molecular weight excluding hydrogens is 478 g/mol. The summed E-state index contributed by atoms with van der Waals surface area (Å²) in [7, 11) is 0. The van der Waals surface area contributed by atoms with Crippen molar-refractivity contribution in [3.8, 4) is 0 Å². The molecule has 5 rings (SSSR count). The Labute approximate surface area is 202 Å². The van der Waals surface area contributed by atoms with Gasteiger partial charge in [0.1, 0.15) is 11.2 Å². The summed E-state index contributed by atoms with van der Waals surface area (Å²) in [5.41, 5.74) is 1.05. The normalized spacial score (nSPS) is 16.3. The van der Waals surface area contributed by atoms with Gasteiger partial charge < -0.3 is 15.7 Å². The minimum atomic E-state index is -2.65. The number of aromatic nitrogens is 5. The molecule has 4 aromatic rings. The molecule has 1 aliphatic heterocycles. The van der Waals surface area contributed by atoms with E-state index in [0.29, 0.717) is 41.7 Å². The molecule has 13 heteroatoms. The highest BCUT2D eigenvalue weighted by Crippen LogP contribution is 2.29. The molecule has 182 valence electrons. The van der Waals surface area contributed by atoms with E-state index in [2.05, 4.69) is 30.9 Å². The molecule has 4 heterocycles. The van der Waals surface area contributed by atoms with Crippen LogP contribution < -0.4 is 10.6 Å². The number of halogens is 2. The SMILES string of the molecule is O=C(CN1CC[C@@H](O)C1)Nc1ccc(Sc2nc(Nc3cc(C(F)F)[nH]n3)c3cccn3n2)cc1. The number of rotatable bonds is 8. The molecule has 3 aromatic heterocycles. The van der Waals surface area contributed by atoms with Crippen LogP contribution in [0.3, 0.4) is 0 Å². The zero-order valence-electron chi connectivity index (χ0n) is 18.4. The Bertz CT molecular complexity index is 1330. The number of β-amino-alcohol motifs (C(OH)–C–C–N with tert-alkyl or cyclic N) is 1. The van der Waals surface area contributed by atoms with Gasteiger partial charge in [-0.25, -0.2) is 18.3 Å². The number of aliphatic hydroxyl groups is 1. The lowest BCUT2D eigenvalue weighted by Gasteiger charge is -2.14. The Hall–Kier alpha value is -3.55. The molecule has 4 N–H and O–H groups in total. The maximum absolute atomic E-state index is 12.9. The minimum Gasteiger partial charge on any atom is -0.392 e. The number of aliphatic hydroxyl groups excluding tert-OH is 1. The van der Waals surface area contributed by atoms with Crippen molar-refractivity contribution < 1.29 is 18.7 Å². The molecule has 10 nitrogen and oxygen atoms in total. The summed E-state index contributed by atoms with van der Waals surface area (Å²) in [6.07, 6.45) is -0.563. The van der Waals surface area contributed by atoms with Gasteiger partial charge in [0.15, 0.2) is 11.6 Å². The highest BCUT2D eigenvalue weighted by atomic mass is 32.2. The Kier molecular flexibility index (Phi) is 6.61. The molecule has 0 aliphatic carbocycles. The van der Waals surface area contributed by atoms with E-state index in [-0.39, 0.29) is 30.1 Å². The Balaban J connectivity index is 1.26. The number of aromatic amines is 1. The van der Waals surface area contributed by atoms with Crippen LogP contribution in [0.25, 0.3) is 5.52 Å². The average molecular weight is 501 g/mol. The van der Waals surface area contributed by atoms with Crippen molar-refractivity contribution in [2.75, 3.05) is 30.3 Å². The number of carbonyl (C=O) groups excluding carboxylic acids is 1. The second kappa shape index (κ2) is 9.98. The van der Waals surface area contributed by atoms with Gasteiger partial charge in [0.25, 0.3) is 6.43 Å². The number of benzene rings is 1. The number of H-pyrrole nitrogens is 1. The monoisotopic (exact) mass is 500 g/mol. The topological polar surface area (TPSA) is 123 Å². The summed E-state index contributed by atoms with van der Waals surface area (Å²) in [5.74, 6) is 0.516. The van der Waals surface area contributed by atoms with Crippen LogP contribution in [0.1, 0.15) is 18.5 Å². The predicted octanol–water partition coefficient (Wildman–Crippen LogP) is 3.29. The van der Waals surface area contributed by atoms with Crippen molar-refractivity contribution >= 4 is 40.5 Å². The summed E-state index contributed by atoms with van der Waals surface area (Å²) in [5, 5.41) is 26.5. The molecule has 0 spiro atoms. The van der Waals surface area contributed by atoms with Crippen LogP contribution in [-0.4, -0.2) is 66.4 Å². The summed E-state index contributed by atoms with van der Waals surface area (Å²) in [4.78, 5) is 19.6. The van der Waals surface area contributed by atoms with E-state index in [1.54, 1.807) is 35.0 Å². The fourth-order valence-corrected chi connectivity index (χ4v) is 4.50. The van der Waals surface area contributed by atoms with Crippen LogP contribution in [0, 0.1) is 0 Å². The number of anilines is 3. The summed E-state index contributed by atoms with van der Waals surface area (Å²) >= 11 is 1.31. The summed E-state index contributed by atoms with van der Waals surface area (Å²) in [6, 6.07) is 12.1. The average Bonchev–Trinajstić information content (AvgIpc) is 3.56. The number of fused-ring (bicyclic) bond motifs is 1. The van der Waals surface area contributed by atoms with Crippen LogP contribution in [0.4, 0.5) is 26.1 Å². The number of carbonyl (C=O) groups is 1. The van der Waals surface area contributed by atoms with Crippen molar-refractivity contribution in [1.82, 2.24) is 29.7 Å². The highest BCUT2D eigenvalue weighted by Gasteiger charge is 2.22. The zero-order chi connectivity index (χ0) is 24.4. The van der Waals surface area contributed by atoms with Crippen LogP contribution in [0.5, 0.6) is 0 Å². The molecule has 0 radical (unpaired) electrons. The van der Waals surface area contributed by atoms with Gasteiger partial charge in [-0.15, -0.1) is 5.10 Å². The predicted molar refractivity (Wildman–Crippen MR) is 126 cm³/mol. The number of alkyl halides is 2. The molecule has 0 saturated carbocycles. The quantitative estimate of drug-likeness (QED) is 0.291. The number of hydrogen-bond donors (Lipinski definition) is 4. The lowest BCUT2D eigenvalue weighted by molar-refractivity contribution is -0.117. The third kappa shape index (κ3) is 5.58. The van der Waals surface area contributed by atoms with Crippen molar-refractivity contribution in [2.24, 2.45) is 0 Å². The molecule has 1 atom stereocenters. The van der Waals surface area contributed by atoms with Crippen LogP contribution in [0.2, 0.25) is 0 Å². The first-order valence-electron chi connectivity index (χ1n) is 10.9. The lowest BCUT2D eigenvalue weighted by atomic mass is 10.3. The van der Waals surface area contributed by atoms with Gasteiger partial charge >= 0.3 is 0 Å². The molecule has 35 heavy (non-hydrogen) atoms. The second-order valence-electron chi connectivity index (χ2n) is 8.07. The molecule has 1 aromatic carbocycles. The van der Waals surface area contributed by atoms with E-state index in [0.717, 1.165) is 4.90 Å². The fraction of sp³-hybridized carbons (Fsp3) is 0.273. The van der Waals surface area contributed by atoms with Gasteiger partial charge in [0, 0.05) is 35.9 Å². The second-order valence-corrected chi connectivity index (χ2v) is 9.11. The summed E-state index contributed by atoms with van der Waals surface area (Å²) < 4.78 is 27.4. The Morgan fingerprint density at radius 3 is 2.83 bits per heavy atom. The lowest BCUT2D eigenvalue weighted by Crippen LogP contribution is -2.32. The molecule has 1 aliphatic rings. The van der Waals surface area contributed by atoms with Crippen molar-refractivity contribution in [1.29, 1.82) is 0 Å². The molecule has 1 saturated heterocycles. The Morgan fingerprint density at radius 2 is 2.11 bits per heavy atom. The zero-order valence-corrected chi connectivity index (χ0v) is 19.2. The van der Waals surface area contributed by atoms with Gasteiger partial charge in [0.2, 0.25) is 11.1 Å².